The van der Waals surface area contributed by atoms with Gasteiger partial charge in [-0.1, -0.05) is 26.7 Å². The van der Waals surface area contributed by atoms with Gasteiger partial charge in [0, 0.05) is 24.1 Å². The molecule has 3 atom stereocenters. The summed E-state index contributed by atoms with van der Waals surface area (Å²) in [6.07, 6.45) is 11.5. The van der Waals surface area contributed by atoms with Gasteiger partial charge in [0.15, 0.2) is 0 Å². The van der Waals surface area contributed by atoms with Crippen molar-refractivity contribution in [3.05, 3.63) is 0 Å². The first-order valence-corrected chi connectivity index (χ1v) is 8.43. The quantitative estimate of drug-likeness (QED) is 0.832. The van der Waals surface area contributed by atoms with E-state index in [4.69, 9.17) is 4.74 Å². The molecule has 19 heavy (non-hydrogen) atoms. The SMILES string of the molecule is CCOC1CC(NC2CCC(C)(C)C2)C12CCCC2. The van der Waals surface area contributed by atoms with Gasteiger partial charge < -0.3 is 10.1 Å². The van der Waals surface area contributed by atoms with Crippen LogP contribution in [-0.2, 0) is 4.74 Å². The summed E-state index contributed by atoms with van der Waals surface area (Å²) in [5.74, 6) is 0. The number of nitrogens with one attached hydrogen (secondary N) is 1. The molecule has 2 nitrogen and oxygen atoms in total. The zero-order valence-electron chi connectivity index (χ0n) is 13.0. The Hall–Kier alpha value is -0.0800. The highest BCUT2D eigenvalue weighted by molar-refractivity contribution is 5.11. The lowest BCUT2D eigenvalue weighted by Gasteiger charge is -2.55. The number of rotatable bonds is 4. The summed E-state index contributed by atoms with van der Waals surface area (Å²) in [5, 5.41) is 4.01. The summed E-state index contributed by atoms with van der Waals surface area (Å²) in [7, 11) is 0. The van der Waals surface area contributed by atoms with E-state index in [1.54, 1.807) is 0 Å². The number of hydrogen-bond donors (Lipinski definition) is 1. The molecule has 1 N–H and O–H groups in total. The highest BCUT2D eigenvalue weighted by Gasteiger charge is 2.57. The summed E-state index contributed by atoms with van der Waals surface area (Å²) in [4.78, 5) is 0. The third-order valence-corrected chi connectivity index (χ3v) is 6.09. The molecule has 3 unspecified atom stereocenters. The number of hydrogen-bond acceptors (Lipinski definition) is 2. The molecule has 0 amide bonds. The van der Waals surface area contributed by atoms with E-state index in [2.05, 4.69) is 26.1 Å². The molecule has 0 bridgehead atoms. The first-order valence-electron chi connectivity index (χ1n) is 8.43. The molecule has 0 saturated heterocycles. The van der Waals surface area contributed by atoms with Crippen LogP contribution >= 0.6 is 0 Å². The second-order valence-electron chi connectivity index (χ2n) is 7.94. The largest absolute Gasteiger partial charge is 0.378 e. The van der Waals surface area contributed by atoms with Crippen molar-refractivity contribution in [2.45, 2.75) is 90.3 Å². The fraction of sp³-hybridized carbons (Fsp3) is 1.00. The van der Waals surface area contributed by atoms with Crippen molar-refractivity contribution in [1.82, 2.24) is 5.32 Å². The molecule has 0 aromatic rings. The van der Waals surface area contributed by atoms with Crippen molar-refractivity contribution < 1.29 is 4.74 Å². The minimum atomic E-state index is 0.503. The van der Waals surface area contributed by atoms with E-state index < -0.39 is 0 Å². The van der Waals surface area contributed by atoms with Crippen molar-refractivity contribution >= 4 is 0 Å². The molecular formula is C17H31NO. The van der Waals surface area contributed by atoms with Gasteiger partial charge in [0.05, 0.1) is 6.10 Å². The second kappa shape index (κ2) is 5.04. The third kappa shape index (κ3) is 2.47. The average Bonchev–Trinajstić information content (AvgIpc) is 2.96. The van der Waals surface area contributed by atoms with Gasteiger partial charge in [-0.3, -0.25) is 0 Å². The molecular weight excluding hydrogens is 234 g/mol. The molecule has 3 rings (SSSR count). The molecule has 110 valence electrons. The molecule has 0 aromatic carbocycles. The Morgan fingerprint density at radius 3 is 2.47 bits per heavy atom. The Kier molecular flexibility index (Phi) is 3.68. The van der Waals surface area contributed by atoms with Crippen molar-refractivity contribution in [2.75, 3.05) is 6.61 Å². The molecule has 0 aliphatic heterocycles. The van der Waals surface area contributed by atoms with Crippen LogP contribution in [0.3, 0.4) is 0 Å². The van der Waals surface area contributed by atoms with Gasteiger partial charge in [-0.25, -0.2) is 0 Å². The Labute approximate surface area is 118 Å². The zero-order valence-corrected chi connectivity index (χ0v) is 13.0. The zero-order chi connectivity index (χ0) is 13.5. The van der Waals surface area contributed by atoms with Crippen molar-refractivity contribution in [2.24, 2.45) is 10.8 Å². The fourth-order valence-corrected chi connectivity index (χ4v) is 4.98. The average molecular weight is 265 g/mol. The third-order valence-electron chi connectivity index (χ3n) is 6.09. The Balaban J connectivity index is 1.60. The van der Waals surface area contributed by atoms with Crippen LogP contribution in [0.1, 0.15) is 72.1 Å². The molecule has 1 spiro atoms. The molecule has 3 saturated carbocycles. The van der Waals surface area contributed by atoms with Gasteiger partial charge >= 0.3 is 0 Å². The lowest BCUT2D eigenvalue weighted by molar-refractivity contribution is -0.132. The van der Waals surface area contributed by atoms with Gasteiger partial charge in [0.2, 0.25) is 0 Å². The summed E-state index contributed by atoms with van der Waals surface area (Å²) in [5.41, 5.74) is 1.06. The lowest BCUT2D eigenvalue weighted by Crippen LogP contribution is -2.64. The van der Waals surface area contributed by atoms with E-state index in [9.17, 15) is 0 Å². The van der Waals surface area contributed by atoms with Crippen molar-refractivity contribution in [3.8, 4) is 0 Å². The van der Waals surface area contributed by atoms with Gasteiger partial charge in [-0.05, 0) is 50.9 Å². The molecule has 0 radical (unpaired) electrons. The lowest BCUT2D eigenvalue weighted by atomic mass is 9.60. The normalized spacial score (nSPS) is 39.6. The summed E-state index contributed by atoms with van der Waals surface area (Å²) in [6.45, 7) is 7.87. The predicted octanol–water partition coefficient (Wildman–Crippen LogP) is 3.89. The summed E-state index contributed by atoms with van der Waals surface area (Å²) < 4.78 is 6.01. The van der Waals surface area contributed by atoms with Gasteiger partial charge in [-0.15, -0.1) is 0 Å². The molecule has 2 heteroatoms. The first kappa shape index (κ1) is 13.9. The Morgan fingerprint density at radius 1 is 1.16 bits per heavy atom. The molecule has 3 fully saturated rings. The van der Waals surface area contributed by atoms with Crippen molar-refractivity contribution in [3.63, 3.8) is 0 Å². The van der Waals surface area contributed by atoms with Crippen LogP contribution < -0.4 is 5.32 Å². The van der Waals surface area contributed by atoms with Crippen LogP contribution in [0.15, 0.2) is 0 Å². The first-order chi connectivity index (χ1) is 9.06. The molecule has 3 aliphatic carbocycles. The van der Waals surface area contributed by atoms with Crippen LogP contribution in [0.25, 0.3) is 0 Å². The van der Waals surface area contributed by atoms with E-state index >= 15 is 0 Å². The Bertz CT molecular complexity index is 319. The van der Waals surface area contributed by atoms with E-state index in [1.807, 2.05) is 0 Å². The monoisotopic (exact) mass is 265 g/mol. The molecule has 3 aliphatic rings. The maximum absolute atomic E-state index is 6.01. The topological polar surface area (TPSA) is 21.3 Å². The molecule has 0 aromatic heterocycles. The minimum Gasteiger partial charge on any atom is -0.378 e. The highest BCUT2D eigenvalue weighted by atomic mass is 16.5. The fourth-order valence-electron chi connectivity index (χ4n) is 4.98. The summed E-state index contributed by atoms with van der Waals surface area (Å²) in [6, 6.07) is 1.51. The van der Waals surface area contributed by atoms with Gasteiger partial charge in [0.25, 0.3) is 0 Å². The maximum Gasteiger partial charge on any atom is 0.0661 e. The van der Waals surface area contributed by atoms with Crippen LogP contribution in [0.4, 0.5) is 0 Å². The van der Waals surface area contributed by atoms with E-state index in [-0.39, 0.29) is 0 Å². The van der Waals surface area contributed by atoms with Gasteiger partial charge in [0.1, 0.15) is 0 Å². The van der Waals surface area contributed by atoms with Gasteiger partial charge in [-0.2, -0.15) is 0 Å². The predicted molar refractivity (Wildman–Crippen MR) is 79.3 cm³/mol. The van der Waals surface area contributed by atoms with Crippen molar-refractivity contribution in [1.29, 1.82) is 0 Å². The smallest absolute Gasteiger partial charge is 0.0661 e. The molecule has 0 heterocycles. The maximum atomic E-state index is 6.01. The minimum absolute atomic E-state index is 0.503. The highest BCUT2D eigenvalue weighted by Crippen LogP contribution is 2.55. The van der Waals surface area contributed by atoms with E-state index in [0.717, 1.165) is 18.7 Å². The van der Waals surface area contributed by atoms with Crippen LogP contribution in [-0.4, -0.2) is 24.8 Å². The second-order valence-corrected chi connectivity index (χ2v) is 7.94. The van der Waals surface area contributed by atoms with E-state index in [0.29, 0.717) is 16.9 Å². The number of ether oxygens (including phenoxy) is 1. The van der Waals surface area contributed by atoms with Crippen LogP contribution in [0.5, 0.6) is 0 Å². The van der Waals surface area contributed by atoms with Crippen LogP contribution in [0, 0.1) is 10.8 Å². The Morgan fingerprint density at radius 2 is 1.89 bits per heavy atom. The summed E-state index contributed by atoms with van der Waals surface area (Å²) >= 11 is 0. The van der Waals surface area contributed by atoms with E-state index in [1.165, 1.54) is 51.4 Å². The van der Waals surface area contributed by atoms with Crippen LogP contribution in [0.2, 0.25) is 0 Å². The standard InChI is InChI=1S/C17H31NO/c1-4-19-15-11-14(17(15)8-5-6-9-17)18-13-7-10-16(2,3)12-13/h13-15,18H,4-12H2,1-3H3.